The van der Waals surface area contributed by atoms with E-state index in [-0.39, 0.29) is 29.0 Å². The summed E-state index contributed by atoms with van der Waals surface area (Å²) in [5.41, 5.74) is 7.32. The summed E-state index contributed by atoms with van der Waals surface area (Å²) in [5, 5.41) is 2.98. The molecule has 6 nitrogen and oxygen atoms in total. The Morgan fingerprint density at radius 1 is 1.14 bits per heavy atom. The first-order chi connectivity index (χ1) is 13.4. The topological polar surface area (TPSA) is 90.6 Å². The van der Waals surface area contributed by atoms with Crippen LogP contribution in [0.3, 0.4) is 0 Å². The zero-order valence-corrected chi connectivity index (χ0v) is 16.8. The van der Waals surface area contributed by atoms with Crippen molar-refractivity contribution in [1.29, 1.82) is 0 Å². The number of nitrogens with one attached hydrogen (secondary N) is 1. The predicted octanol–water partition coefficient (Wildman–Crippen LogP) is 4.20. The number of aryl methyl sites for hydroxylation is 1. The number of anilines is 1. The number of carbonyl (C=O) groups excluding carboxylic acids is 2. The molecular formula is C21H25ClN2O4. The van der Waals surface area contributed by atoms with Gasteiger partial charge in [-0.25, -0.2) is 0 Å². The Morgan fingerprint density at radius 3 is 2.46 bits per heavy atom. The number of amides is 2. The van der Waals surface area contributed by atoms with Crippen molar-refractivity contribution in [3.63, 3.8) is 0 Å². The minimum absolute atomic E-state index is 0.150. The predicted molar refractivity (Wildman–Crippen MR) is 110 cm³/mol. The van der Waals surface area contributed by atoms with Crippen LogP contribution in [0.2, 0.25) is 5.02 Å². The van der Waals surface area contributed by atoms with E-state index in [1.165, 1.54) is 37.6 Å². The number of methoxy groups -OCH3 is 1. The molecule has 0 aliphatic rings. The molecule has 2 amide bonds. The lowest BCUT2D eigenvalue weighted by atomic mass is 10.1. The van der Waals surface area contributed by atoms with Crippen LogP contribution in [-0.4, -0.2) is 25.5 Å². The Hall–Kier alpha value is -2.73. The zero-order chi connectivity index (χ0) is 20.5. The van der Waals surface area contributed by atoms with E-state index in [4.69, 9.17) is 26.8 Å². The zero-order valence-electron chi connectivity index (χ0n) is 16.1. The molecule has 0 unspecified atom stereocenters. The lowest BCUT2D eigenvalue weighted by molar-refractivity contribution is -0.119. The molecule has 2 aromatic carbocycles. The van der Waals surface area contributed by atoms with E-state index in [0.29, 0.717) is 11.3 Å². The van der Waals surface area contributed by atoms with Crippen molar-refractivity contribution >= 4 is 29.1 Å². The first kappa shape index (κ1) is 21.6. The second-order valence-electron chi connectivity index (χ2n) is 6.35. The number of rotatable bonds is 10. The molecule has 2 aromatic rings. The molecule has 0 bridgehead atoms. The molecule has 0 saturated carbocycles. The van der Waals surface area contributed by atoms with Crippen LogP contribution in [0.15, 0.2) is 36.4 Å². The van der Waals surface area contributed by atoms with E-state index >= 15 is 0 Å². The molecule has 2 rings (SSSR count). The number of hydrogen-bond acceptors (Lipinski definition) is 4. The first-order valence-corrected chi connectivity index (χ1v) is 9.51. The molecule has 28 heavy (non-hydrogen) atoms. The maximum Gasteiger partial charge on any atom is 0.255 e. The smallest absolute Gasteiger partial charge is 0.255 e. The van der Waals surface area contributed by atoms with Gasteiger partial charge in [0, 0.05) is 11.3 Å². The molecule has 3 N–H and O–H groups in total. The summed E-state index contributed by atoms with van der Waals surface area (Å²) >= 11 is 6.19. The number of halogens is 1. The van der Waals surface area contributed by atoms with Gasteiger partial charge in [0.15, 0.2) is 18.1 Å². The minimum atomic E-state index is -0.641. The summed E-state index contributed by atoms with van der Waals surface area (Å²) in [5.74, 6) is -0.570. The second kappa shape index (κ2) is 10.6. The SMILES string of the molecule is CCCCCc1ccc(NC(=O)c2cc(Cl)c(OCC(N)=O)c(OC)c2)cc1. The van der Waals surface area contributed by atoms with Gasteiger partial charge in [0.1, 0.15) is 0 Å². The molecule has 0 aromatic heterocycles. The lowest BCUT2D eigenvalue weighted by Gasteiger charge is -2.13. The highest BCUT2D eigenvalue weighted by atomic mass is 35.5. The van der Waals surface area contributed by atoms with Gasteiger partial charge in [0.25, 0.3) is 11.8 Å². The number of hydrogen-bond donors (Lipinski definition) is 2. The standard InChI is InChI=1S/C21H25ClN2O4/c1-3-4-5-6-14-7-9-16(10-8-14)24-21(26)15-11-17(22)20(18(12-15)27-2)28-13-19(23)25/h7-12H,3-6,13H2,1-2H3,(H2,23,25)(H,24,26). The van der Waals surface area contributed by atoms with Gasteiger partial charge in [-0.15, -0.1) is 0 Å². The van der Waals surface area contributed by atoms with Crippen molar-refractivity contribution in [3.05, 3.63) is 52.5 Å². The molecule has 0 heterocycles. The van der Waals surface area contributed by atoms with Crippen LogP contribution in [0.25, 0.3) is 0 Å². The molecule has 0 atom stereocenters. The van der Waals surface area contributed by atoms with Crippen LogP contribution in [0, 0.1) is 0 Å². The highest BCUT2D eigenvalue weighted by Crippen LogP contribution is 2.36. The average Bonchev–Trinajstić information content (AvgIpc) is 2.67. The van der Waals surface area contributed by atoms with E-state index in [2.05, 4.69) is 12.2 Å². The normalized spacial score (nSPS) is 10.4. The highest BCUT2D eigenvalue weighted by Gasteiger charge is 2.17. The average molecular weight is 405 g/mol. The third-order valence-corrected chi connectivity index (χ3v) is 4.41. The van der Waals surface area contributed by atoms with Gasteiger partial charge < -0.3 is 20.5 Å². The molecule has 0 aliphatic heterocycles. The monoisotopic (exact) mass is 404 g/mol. The summed E-state index contributed by atoms with van der Waals surface area (Å²) in [7, 11) is 1.42. The minimum Gasteiger partial charge on any atom is -0.493 e. The summed E-state index contributed by atoms with van der Waals surface area (Å²) in [6.45, 7) is 1.84. The Bertz CT molecular complexity index is 822. The van der Waals surface area contributed by atoms with Crippen LogP contribution >= 0.6 is 11.6 Å². The Balaban J connectivity index is 2.09. The number of nitrogens with two attached hydrogens (primary N) is 1. The van der Waals surface area contributed by atoms with Crippen molar-refractivity contribution in [2.75, 3.05) is 19.0 Å². The molecule has 0 spiro atoms. The lowest BCUT2D eigenvalue weighted by Crippen LogP contribution is -2.20. The number of carbonyl (C=O) groups is 2. The fraction of sp³-hybridized carbons (Fsp3) is 0.333. The Kier molecular flexibility index (Phi) is 8.14. The van der Waals surface area contributed by atoms with E-state index < -0.39 is 5.91 Å². The van der Waals surface area contributed by atoms with Crippen molar-refractivity contribution in [2.45, 2.75) is 32.6 Å². The summed E-state index contributed by atoms with van der Waals surface area (Å²) in [4.78, 5) is 23.5. The summed E-state index contributed by atoms with van der Waals surface area (Å²) in [6.07, 6.45) is 4.58. The molecule has 0 fully saturated rings. The van der Waals surface area contributed by atoms with E-state index in [9.17, 15) is 9.59 Å². The number of ether oxygens (including phenoxy) is 2. The largest absolute Gasteiger partial charge is 0.493 e. The van der Waals surface area contributed by atoms with Gasteiger partial charge in [-0.05, 0) is 42.7 Å². The third kappa shape index (κ3) is 6.16. The van der Waals surface area contributed by atoms with Crippen molar-refractivity contribution < 1.29 is 19.1 Å². The van der Waals surface area contributed by atoms with E-state index in [1.807, 2.05) is 24.3 Å². The van der Waals surface area contributed by atoms with Gasteiger partial charge >= 0.3 is 0 Å². The van der Waals surface area contributed by atoms with E-state index in [1.54, 1.807) is 0 Å². The van der Waals surface area contributed by atoms with Gasteiger partial charge in [0.2, 0.25) is 0 Å². The van der Waals surface area contributed by atoms with Gasteiger partial charge in [0.05, 0.1) is 12.1 Å². The van der Waals surface area contributed by atoms with Crippen molar-refractivity contribution in [2.24, 2.45) is 5.73 Å². The number of primary amides is 1. The summed E-state index contributed by atoms with van der Waals surface area (Å²) < 4.78 is 10.5. The van der Waals surface area contributed by atoms with Crippen LogP contribution in [0.5, 0.6) is 11.5 Å². The maximum atomic E-state index is 12.6. The Morgan fingerprint density at radius 2 is 1.86 bits per heavy atom. The fourth-order valence-corrected chi connectivity index (χ4v) is 2.94. The second-order valence-corrected chi connectivity index (χ2v) is 6.76. The quantitative estimate of drug-likeness (QED) is 0.580. The first-order valence-electron chi connectivity index (χ1n) is 9.13. The van der Waals surface area contributed by atoms with Crippen LogP contribution in [0.1, 0.15) is 42.1 Å². The molecule has 0 radical (unpaired) electrons. The molecule has 7 heteroatoms. The van der Waals surface area contributed by atoms with Crippen LogP contribution in [-0.2, 0) is 11.2 Å². The third-order valence-electron chi connectivity index (χ3n) is 4.13. The number of benzene rings is 2. The van der Waals surface area contributed by atoms with Crippen molar-refractivity contribution in [1.82, 2.24) is 0 Å². The molecule has 150 valence electrons. The molecule has 0 saturated heterocycles. The molecule has 0 aliphatic carbocycles. The van der Waals surface area contributed by atoms with E-state index in [0.717, 1.165) is 12.8 Å². The Labute approximate surface area is 170 Å². The molecular weight excluding hydrogens is 380 g/mol. The van der Waals surface area contributed by atoms with Gasteiger partial charge in [-0.1, -0.05) is 43.5 Å². The van der Waals surface area contributed by atoms with Crippen molar-refractivity contribution in [3.8, 4) is 11.5 Å². The van der Waals surface area contributed by atoms with Crippen LogP contribution in [0.4, 0.5) is 5.69 Å². The maximum absolute atomic E-state index is 12.6. The summed E-state index contributed by atoms with van der Waals surface area (Å²) in [6, 6.07) is 10.7. The van der Waals surface area contributed by atoms with Gasteiger partial charge in [-0.2, -0.15) is 0 Å². The van der Waals surface area contributed by atoms with Crippen LogP contribution < -0.4 is 20.5 Å². The fourth-order valence-electron chi connectivity index (χ4n) is 2.67. The van der Waals surface area contributed by atoms with Gasteiger partial charge in [-0.3, -0.25) is 9.59 Å². The highest BCUT2D eigenvalue weighted by molar-refractivity contribution is 6.32. The number of unbranched alkanes of at least 4 members (excludes halogenated alkanes) is 2.